The number of aromatic amines is 1. The molecule has 2 aliphatic rings. The van der Waals surface area contributed by atoms with Gasteiger partial charge in [0.25, 0.3) is 0 Å². The van der Waals surface area contributed by atoms with Crippen LogP contribution in [0.15, 0.2) is 0 Å². The van der Waals surface area contributed by atoms with E-state index in [1.165, 1.54) is 12.8 Å². The normalized spacial score (nSPS) is 26.1. The summed E-state index contributed by atoms with van der Waals surface area (Å²) in [7, 11) is 1.88. The average Bonchev–Trinajstić information content (AvgIpc) is 3.23. The molecule has 1 aromatic heterocycles. The monoisotopic (exact) mass is 266 g/mol. The van der Waals surface area contributed by atoms with E-state index < -0.39 is 0 Å². The zero-order valence-electron chi connectivity index (χ0n) is 10.5. The van der Waals surface area contributed by atoms with Gasteiger partial charge in [-0.2, -0.15) is 5.10 Å². The van der Waals surface area contributed by atoms with Gasteiger partial charge in [-0.05, 0) is 43.3 Å². The molecule has 0 radical (unpaired) electrons. The summed E-state index contributed by atoms with van der Waals surface area (Å²) in [6.45, 7) is 0.639. The Morgan fingerprint density at radius 1 is 1.61 bits per heavy atom. The molecule has 2 atom stereocenters. The highest BCUT2D eigenvalue weighted by Crippen LogP contribution is 2.54. The van der Waals surface area contributed by atoms with Gasteiger partial charge in [0.05, 0.1) is 0 Å². The van der Waals surface area contributed by atoms with Gasteiger partial charge in [-0.15, -0.1) is 0 Å². The Morgan fingerprint density at radius 2 is 2.39 bits per heavy atom. The van der Waals surface area contributed by atoms with Crippen molar-refractivity contribution in [2.45, 2.75) is 25.7 Å². The molecule has 3 rings (SSSR count). The fourth-order valence-corrected chi connectivity index (χ4v) is 2.74. The maximum atomic E-state index is 11.9. The molecule has 1 amide bonds. The van der Waals surface area contributed by atoms with E-state index in [1.807, 2.05) is 11.6 Å². The molecule has 0 spiro atoms. The quantitative estimate of drug-likeness (QED) is 0.787. The lowest BCUT2D eigenvalue weighted by Crippen LogP contribution is -2.28. The van der Waals surface area contributed by atoms with Crippen LogP contribution in [0.4, 0.5) is 0 Å². The van der Waals surface area contributed by atoms with E-state index in [0.29, 0.717) is 23.2 Å². The SMILES string of the molecule is Cn1c(CCNC(=O)[C@@H]2C[C@H]2C2CC2)n[nH]c1=S. The van der Waals surface area contributed by atoms with Crippen LogP contribution in [0, 0.1) is 22.5 Å². The van der Waals surface area contributed by atoms with Gasteiger partial charge in [0.2, 0.25) is 5.91 Å². The smallest absolute Gasteiger partial charge is 0.223 e. The van der Waals surface area contributed by atoms with Gasteiger partial charge in [-0.25, -0.2) is 0 Å². The highest BCUT2D eigenvalue weighted by molar-refractivity contribution is 7.71. The van der Waals surface area contributed by atoms with Crippen LogP contribution in [-0.4, -0.2) is 27.2 Å². The lowest BCUT2D eigenvalue weighted by molar-refractivity contribution is -0.122. The lowest BCUT2D eigenvalue weighted by atomic mass is 10.2. The van der Waals surface area contributed by atoms with Crippen LogP contribution in [0.2, 0.25) is 0 Å². The minimum absolute atomic E-state index is 0.226. The van der Waals surface area contributed by atoms with Gasteiger partial charge >= 0.3 is 0 Å². The molecule has 5 nitrogen and oxygen atoms in total. The predicted octanol–water partition coefficient (Wildman–Crippen LogP) is 1.18. The molecule has 0 unspecified atom stereocenters. The van der Waals surface area contributed by atoms with Crippen molar-refractivity contribution in [2.75, 3.05) is 6.54 Å². The summed E-state index contributed by atoms with van der Waals surface area (Å²) in [4.78, 5) is 11.9. The molecule has 1 heterocycles. The third kappa shape index (κ3) is 2.34. The van der Waals surface area contributed by atoms with Gasteiger partial charge in [-0.1, -0.05) is 0 Å². The van der Waals surface area contributed by atoms with E-state index in [1.54, 1.807) is 0 Å². The predicted molar refractivity (Wildman–Crippen MR) is 69.4 cm³/mol. The number of carbonyl (C=O) groups is 1. The Morgan fingerprint density at radius 3 is 3.00 bits per heavy atom. The number of amides is 1. The van der Waals surface area contributed by atoms with Gasteiger partial charge in [-0.3, -0.25) is 9.89 Å². The second-order valence-electron chi connectivity index (χ2n) is 5.39. The molecule has 0 aromatic carbocycles. The van der Waals surface area contributed by atoms with Crippen LogP contribution >= 0.6 is 12.2 Å². The maximum absolute atomic E-state index is 11.9. The third-order valence-electron chi connectivity index (χ3n) is 4.02. The molecule has 0 saturated heterocycles. The van der Waals surface area contributed by atoms with Gasteiger partial charge in [0.1, 0.15) is 5.82 Å². The Balaban J connectivity index is 1.43. The molecule has 1 aromatic rings. The Bertz CT molecular complexity index is 516. The summed E-state index contributed by atoms with van der Waals surface area (Å²) in [5, 5.41) is 9.87. The standard InChI is InChI=1S/C12H18N4OS/c1-16-10(14-15-12(16)18)4-5-13-11(17)9-6-8(9)7-2-3-7/h7-9H,2-6H2,1H3,(H,13,17)(H,15,18)/t8-,9+/m0/s1. The third-order valence-corrected chi connectivity index (χ3v) is 4.39. The number of nitrogens with zero attached hydrogens (tertiary/aromatic N) is 2. The summed E-state index contributed by atoms with van der Waals surface area (Å²) >= 11 is 5.04. The fourth-order valence-electron chi connectivity index (χ4n) is 2.59. The molecule has 18 heavy (non-hydrogen) atoms. The van der Waals surface area contributed by atoms with Gasteiger partial charge in [0, 0.05) is 25.9 Å². The van der Waals surface area contributed by atoms with Crippen LogP contribution in [0.1, 0.15) is 25.1 Å². The summed E-state index contributed by atoms with van der Waals surface area (Å²) in [6.07, 6.45) is 4.48. The minimum Gasteiger partial charge on any atom is -0.355 e. The average molecular weight is 266 g/mol. The fraction of sp³-hybridized carbons (Fsp3) is 0.750. The van der Waals surface area contributed by atoms with E-state index in [0.717, 1.165) is 24.6 Å². The summed E-state index contributed by atoms with van der Waals surface area (Å²) in [5.41, 5.74) is 0. The summed E-state index contributed by atoms with van der Waals surface area (Å²) in [6, 6.07) is 0. The number of hydrogen-bond acceptors (Lipinski definition) is 3. The Kier molecular flexibility index (Phi) is 2.97. The van der Waals surface area contributed by atoms with Crippen molar-refractivity contribution in [2.24, 2.45) is 24.8 Å². The van der Waals surface area contributed by atoms with Crippen molar-refractivity contribution >= 4 is 18.1 Å². The molecule has 0 bridgehead atoms. The van der Waals surface area contributed by atoms with Crippen LogP contribution in [0.25, 0.3) is 0 Å². The number of rotatable bonds is 5. The van der Waals surface area contributed by atoms with Gasteiger partial charge < -0.3 is 9.88 Å². The topological polar surface area (TPSA) is 62.7 Å². The second-order valence-corrected chi connectivity index (χ2v) is 5.78. The first-order chi connectivity index (χ1) is 8.66. The van der Waals surface area contributed by atoms with E-state index in [4.69, 9.17) is 12.2 Å². The van der Waals surface area contributed by atoms with Crippen molar-refractivity contribution in [3.63, 3.8) is 0 Å². The highest BCUT2D eigenvalue weighted by Gasteiger charge is 2.50. The Labute approximate surface area is 111 Å². The van der Waals surface area contributed by atoms with Crippen molar-refractivity contribution < 1.29 is 4.79 Å². The van der Waals surface area contributed by atoms with E-state index in [-0.39, 0.29) is 5.91 Å². The highest BCUT2D eigenvalue weighted by atomic mass is 32.1. The van der Waals surface area contributed by atoms with Crippen LogP contribution in [0.5, 0.6) is 0 Å². The second kappa shape index (κ2) is 4.50. The first kappa shape index (κ1) is 11.9. The zero-order chi connectivity index (χ0) is 12.7. The number of aromatic nitrogens is 3. The van der Waals surface area contributed by atoms with Crippen molar-refractivity contribution in [3.05, 3.63) is 10.6 Å². The van der Waals surface area contributed by atoms with Crippen LogP contribution in [0.3, 0.4) is 0 Å². The van der Waals surface area contributed by atoms with E-state index in [2.05, 4.69) is 15.5 Å². The van der Waals surface area contributed by atoms with Crippen molar-refractivity contribution in [1.29, 1.82) is 0 Å². The molecule has 2 saturated carbocycles. The molecular weight excluding hydrogens is 248 g/mol. The number of carbonyl (C=O) groups excluding carboxylic acids is 1. The lowest BCUT2D eigenvalue weighted by Gasteiger charge is -2.04. The maximum Gasteiger partial charge on any atom is 0.223 e. The first-order valence-electron chi connectivity index (χ1n) is 6.55. The van der Waals surface area contributed by atoms with Crippen molar-refractivity contribution in [1.82, 2.24) is 20.1 Å². The number of hydrogen-bond donors (Lipinski definition) is 2. The molecule has 6 heteroatoms. The largest absolute Gasteiger partial charge is 0.355 e. The van der Waals surface area contributed by atoms with Crippen LogP contribution in [-0.2, 0) is 18.3 Å². The van der Waals surface area contributed by atoms with Crippen LogP contribution < -0.4 is 5.32 Å². The first-order valence-corrected chi connectivity index (χ1v) is 6.95. The zero-order valence-corrected chi connectivity index (χ0v) is 11.3. The number of nitrogens with one attached hydrogen (secondary N) is 2. The minimum atomic E-state index is 0.226. The van der Waals surface area contributed by atoms with Gasteiger partial charge in [0.15, 0.2) is 4.77 Å². The van der Waals surface area contributed by atoms with Crippen molar-refractivity contribution in [3.8, 4) is 0 Å². The summed E-state index contributed by atoms with van der Waals surface area (Å²) < 4.78 is 2.46. The Hall–Kier alpha value is -1.17. The molecule has 2 aliphatic carbocycles. The van der Waals surface area contributed by atoms with E-state index in [9.17, 15) is 4.79 Å². The number of H-pyrrole nitrogens is 1. The molecule has 2 fully saturated rings. The molecule has 0 aliphatic heterocycles. The molecule has 98 valence electrons. The molecule has 2 N–H and O–H groups in total. The van der Waals surface area contributed by atoms with E-state index >= 15 is 0 Å². The summed E-state index contributed by atoms with van der Waals surface area (Å²) in [5.74, 6) is 2.94. The molecular formula is C12H18N4OS.